The van der Waals surface area contributed by atoms with E-state index in [0.717, 1.165) is 12.5 Å². The Kier molecular flexibility index (Phi) is 5.49. The van der Waals surface area contributed by atoms with Gasteiger partial charge >= 0.3 is 0 Å². The van der Waals surface area contributed by atoms with Crippen LogP contribution in [0.5, 0.6) is 11.5 Å². The van der Waals surface area contributed by atoms with Crippen LogP contribution in [0.2, 0.25) is 0 Å². The summed E-state index contributed by atoms with van der Waals surface area (Å²) in [6.45, 7) is 1.13. The molecule has 1 aromatic carbocycles. The second-order valence-corrected chi connectivity index (χ2v) is 6.73. The van der Waals surface area contributed by atoms with E-state index < -0.39 is 11.6 Å². The first kappa shape index (κ1) is 20.0. The molecule has 0 saturated carbocycles. The van der Waals surface area contributed by atoms with Crippen molar-refractivity contribution >= 4 is 22.7 Å². The van der Waals surface area contributed by atoms with Crippen molar-refractivity contribution in [1.82, 2.24) is 15.0 Å². The predicted octanol–water partition coefficient (Wildman–Crippen LogP) is 3.23. The number of ether oxygens (including phenoxy) is 3. The Hall–Kier alpha value is -3.27. The van der Waals surface area contributed by atoms with Crippen LogP contribution in [0.3, 0.4) is 0 Å². The maximum Gasteiger partial charge on any atom is 0.223 e. The first-order valence-electron chi connectivity index (χ1n) is 9.35. The van der Waals surface area contributed by atoms with Crippen LogP contribution in [0.25, 0.3) is 22.2 Å². The van der Waals surface area contributed by atoms with E-state index in [1.165, 1.54) is 20.3 Å². The number of methoxy groups -OCH3 is 2. The second kappa shape index (κ2) is 8.23. The van der Waals surface area contributed by atoms with Gasteiger partial charge in [-0.25, -0.2) is 23.7 Å². The number of nitrogens with zero attached hydrogens (tertiary/aromatic N) is 3. The molecule has 2 N–H and O–H groups in total. The lowest BCUT2D eigenvalue weighted by atomic mass is 10.1. The molecule has 1 fully saturated rings. The maximum atomic E-state index is 15.0. The predicted molar refractivity (Wildman–Crippen MR) is 108 cm³/mol. The lowest BCUT2D eigenvalue weighted by molar-refractivity contribution is 0.195. The molecular weight excluding hydrogens is 396 g/mol. The number of fused-ring (bicyclic) bond motifs is 1. The summed E-state index contributed by atoms with van der Waals surface area (Å²) >= 11 is 0. The van der Waals surface area contributed by atoms with E-state index in [1.807, 2.05) is 0 Å². The fourth-order valence-corrected chi connectivity index (χ4v) is 3.34. The summed E-state index contributed by atoms with van der Waals surface area (Å²) < 4.78 is 45.6. The average Bonchev–Trinajstić information content (AvgIpc) is 3.27. The van der Waals surface area contributed by atoms with Crippen molar-refractivity contribution in [3.63, 3.8) is 0 Å². The van der Waals surface area contributed by atoms with Gasteiger partial charge in [-0.15, -0.1) is 0 Å². The van der Waals surface area contributed by atoms with Gasteiger partial charge in [0.05, 0.1) is 38.1 Å². The van der Waals surface area contributed by atoms with Crippen LogP contribution in [-0.4, -0.2) is 55.5 Å². The van der Waals surface area contributed by atoms with E-state index in [0.29, 0.717) is 35.9 Å². The second-order valence-electron chi connectivity index (χ2n) is 6.73. The molecule has 1 aliphatic heterocycles. The standard InChI is InChI=1S/C20H21F2N5O3/c1-23-20-24-8-10-6-12(15-16(21)13(28-2)7-14(29-3)17(15)22)26-19(18(10)27-20)25-11-4-5-30-9-11/h6-8,11H,4-5,9H2,1-3H3,(H,25,26)(H,23,24,27). The van der Waals surface area contributed by atoms with Gasteiger partial charge in [0.1, 0.15) is 5.52 Å². The number of nitrogens with one attached hydrogen (secondary N) is 2. The molecule has 2 aromatic heterocycles. The van der Waals surface area contributed by atoms with E-state index in [4.69, 9.17) is 14.2 Å². The third-order valence-electron chi connectivity index (χ3n) is 4.89. The molecule has 1 atom stereocenters. The Morgan fingerprint density at radius 1 is 1.10 bits per heavy atom. The van der Waals surface area contributed by atoms with Gasteiger partial charge in [-0.2, -0.15) is 0 Å². The molecular formula is C20H21F2N5O3. The number of hydrogen-bond acceptors (Lipinski definition) is 8. The highest BCUT2D eigenvalue weighted by atomic mass is 19.1. The third-order valence-corrected chi connectivity index (χ3v) is 4.89. The molecule has 0 amide bonds. The number of halogens is 2. The SMILES string of the molecule is CNc1ncc2cc(-c3c(F)c(OC)cc(OC)c3F)nc(NC3CCOC3)c2n1. The Morgan fingerprint density at radius 3 is 2.43 bits per heavy atom. The fraction of sp³-hybridized carbons (Fsp3) is 0.350. The summed E-state index contributed by atoms with van der Waals surface area (Å²) in [7, 11) is 4.30. The van der Waals surface area contributed by atoms with Gasteiger partial charge in [0.25, 0.3) is 0 Å². The molecule has 4 rings (SSSR count). The maximum absolute atomic E-state index is 15.0. The van der Waals surface area contributed by atoms with Crippen LogP contribution >= 0.6 is 0 Å². The molecule has 0 bridgehead atoms. The molecule has 1 saturated heterocycles. The van der Waals surface area contributed by atoms with E-state index >= 15 is 8.78 Å². The number of hydrogen-bond donors (Lipinski definition) is 2. The van der Waals surface area contributed by atoms with Crippen LogP contribution in [-0.2, 0) is 4.74 Å². The van der Waals surface area contributed by atoms with Crippen LogP contribution < -0.4 is 20.1 Å². The summed E-state index contributed by atoms with van der Waals surface area (Å²) in [6, 6.07) is 2.70. The van der Waals surface area contributed by atoms with Gasteiger partial charge in [-0.1, -0.05) is 0 Å². The largest absolute Gasteiger partial charge is 0.494 e. The van der Waals surface area contributed by atoms with E-state index in [-0.39, 0.29) is 28.8 Å². The van der Waals surface area contributed by atoms with Crippen LogP contribution in [0, 0.1) is 11.6 Å². The molecule has 3 heterocycles. The zero-order valence-electron chi connectivity index (χ0n) is 16.8. The van der Waals surface area contributed by atoms with Gasteiger partial charge < -0.3 is 24.8 Å². The monoisotopic (exact) mass is 417 g/mol. The Morgan fingerprint density at radius 2 is 1.83 bits per heavy atom. The minimum absolute atomic E-state index is 0.0125. The molecule has 158 valence electrons. The van der Waals surface area contributed by atoms with Crippen molar-refractivity contribution in [3.05, 3.63) is 30.0 Å². The number of aromatic nitrogens is 3. The Bertz CT molecular complexity index is 1060. The average molecular weight is 417 g/mol. The van der Waals surface area contributed by atoms with Gasteiger partial charge in [0.15, 0.2) is 29.0 Å². The van der Waals surface area contributed by atoms with E-state index in [2.05, 4.69) is 25.6 Å². The first-order chi connectivity index (χ1) is 14.5. The Balaban J connectivity index is 1.94. The highest BCUT2D eigenvalue weighted by Gasteiger charge is 2.25. The molecule has 1 aliphatic rings. The summed E-state index contributed by atoms with van der Waals surface area (Å²) in [6.07, 6.45) is 2.36. The molecule has 30 heavy (non-hydrogen) atoms. The van der Waals surface area contributed by atoms with Gasteiger partial charge in [0.2, 0.25) is 5.95 Å². The molecule has 0 radical (unpaired) electrons. The first-order valence-corrected chi connectivity index (χ1v) is 9.35. The van der Waals surface area contributed by atoms with Crippen LogP contribution in [0.1, 0.15) is 6.42 Å². The smallest absolute Gasteiger partial charge is 0.223 e. The molecule has 3 aromatic rings. The van der Waals surface area contributed by atoms with E-state index in [9.17, 15) is 0 Å². The highest BCUT2D eigenvalue weighted by Crippen LogP contribution is 2.38. The number of anilines is 2. The molecule has 0 aliphatic carbocycles. The zero-order valence-corrected chi connectivity index (χ0v) is 16.8. The van der Waals surface area contributed by atoms with E-state index in [1.54, 1.807) is 13.2 Å². The molecule has 10 heteroatoms. The lowest BCUT2D eigenvalue weighted by Crippen LogP contribution is -2.20. The minimum atomic E-state index is -0.870. The highest BCUT2D eigenvalue weighted by molar-refractivity contribution is 5.92. The topological polar surface area (TPSA) is 90.4 Å². The van der Waals surface area contributed by atoms with Crippen molar-refractivity contribution in [2.45, 2.75) is 12.5 Å². The fourth-order valence-electron chi connectivity index (χ4n) is 3.34. The van der Waals surface area contributed by atoms with Crippen LogP contribution in [0.4, 0.5) is 20.5 Å². The van der Waals surface area contributed by atoms with Gasteiger partial charge in [0, 0.05) is 31.3 Å². The molecule has 0 spiro atoms. The normalized spacial score (nSPS) is 16.0. The third kappa shape index (κ3) is 3.54. The number of rotatable bonds is 6. The van der Waals surface area contributed by atoms with Crippen LogP contribution in [0.15, 0.2) is 18.3 Å². The number of benzene rings is 1. The molecule has 8 nitrogen and oxygen atoms in total. The Labute approximate surface area is 171 Å². The quantitative estimate of drug-likeness (QED) is 0.632. The minimum Gasteiger partial charge on any atom is -0.494 e. The molecule has 1 unspecified atom stereocenters. The van der Waals surface area contributed by atoms with Gasteiger partial charge in [-0.3, -0.25) is 0 Å². The number of pyridine rings is 1. The lowest BCUT2D eigenvalue weighted by Gasteiger charge is -2.17. The van der Waals surface area contributed by atoms with Crippen molar-refractivity contribution in [2.24, 2.45) is 0 Å². The van der Waals surface area contributed by atoms with Crippen molar-refractivity contribution < 1.29 is 23.0 Å². The summed E-state index contributed by atoms with van der Waals surface area (Å²) in [5.41, 5.74) is 0.245. The van der Waals surface area contributed by atoms with Crippen molar-refractivity contribution in [2.75, 3.05) is 45.1 Å². The van der Waals surface area contributed by atoms with Crippen molar-refractivity contribution in [1.29, 1.82) is 0 Å². The zero-order chi connectivity index (χ0) is 21.3. The van der Waals surface area contributed by atoms with Gasteiger partial charge in [-0.05, 0) is 12.5 Å². The summed E-state index contributed by atoms with van der Waals surface area (Å²) in [5.74, 6) is -1.24. The summed E-state index contributed by atoms with van der Waals surface area (Å²) in [4.78, 5) is 13.2. The summed E-state index contributed by atoms with van der Waals surface area (Å²) in [5, 5.41) is 6.73. The van der Waals surface area contributed by atoms with Crippen molar-refractivity contribution in [3.8, 4) is 22.8 Å².